The topological polar surface area (TPSA) is 38.5 Å². The molecule has 0 aliphatic carbocycles. The van der Waals surface area contributed by atoms with Gasteiger partial charge in [-0.25, -0.2) is 4.39 Å². The second kappa shape index (κ2) is 6.39. The van der Waals surface area contributed by atoms with Crippen molar-refractivity contribution in [2.75, 3.05) is 19.0 Å². The summed E-state index contributed by atoms with van der Waals surface area (Å²) in [5.41, 5.74) is 7.82. The first kappa shape index (κ1) is 14.3. The van der Waals surface area contributed by atoms with E-state index < -0.39 is 0 Å². The van der Waals surface area contributed by atoms with Gasteiger partial charge in [-0.3, -0.25) is 0 Å². The molecule has 0 atom stereocenters. The first-order valence-corrected chi connectivity index (χ1v) is 6.47. The Hall–Kier alpha value is -2.07. The highest BCUT2D eigenvalue weighted by Crippen LogP contribution is 2.21. The van der Waals surface area contributed by atoms with Crippen LogP contribution >= 0.6 is 0 Å². The summed E-state index contributed by atoms with van der Waals surface area (Å²) in [4.78, 5) is 1.99. The standard InChI is InChI=1S/C16H19FN2O/c1-19(2)14-4-3-5-15(9-14)20-11-13-7-6-12(10-18)8-16(13)17/h3-9H,10-11,18H2,1-2H3. The van der Waals surface area contributed by atoms with Crippen LogP contribution in [0.25, 0.3) is 0 Å². The van der Waals surface area contributed by atoms with E-state index >= 15 is 0 Å². The van der Waals surface area contributed by atoms with Crippen LogP contribution in [0.15, 0.2) is 42.5 Å². The average molecular weight is 274 g/mol. The van der Waals surface area contributed by atoms with Gasteiger partial charge in [0, 0.05) is 38.0 Å². The maximum atomic E-state index is 13.8. The zero-order valence-corrected chi connectivity index (χ0v) is 11.8. The molecule has 0 aliphatic rings. The predicted octanol–water partition coefficient (Wildman–Crippen LogP) is 2.93. The van der Waals surface area contributed by atoms with Crippen molar-refractivity contribution in [3.8, 4) is 5.75 Å². The average Bonchev–Trinajstić information content (AvgIpc) is 2.46. The van der Waals surface area contributed by atoms with E-state index in [0.29, 0.717) is 12.1 Å². The van der Waals surface area contributed by atoms with Crippen LogP contribution in [0.3, 0.4) is 0 Å². The van der Waals surface area contributed by atoms with E-state index in [1.807, 2.05) is 49.3 Å². The van der Waals surface area contributed by atoms with Gasteiger partial charge in [-0.1, -0.05) is 18.2 Å². The van der Waals surface area contributed by atoms with Gasteiger partial charge in [-0.05, 0) is 23.8 Å². The molecular weight excluding hydrogens is 255 g/mol. The Morgan fingerprint density at radius 1 is 1.15 bits per heavy atom. The van der Waals surface area contributed by atoms with Crippen LogP contribution in [-0.2, 0) is 13.2 Å². The van der Waals surface area contributed by atoms with Crippen molar-refractivity contribution in [1.82, 2.24) is 0 Å². The first-order valence-electron chi connectivity index (χ1n) is 6.47. The van der Waals surface area contributed by atoms with E-state index in [1.54, 1.807) is 6.07 Å². The van der Waals surface area contributed by atoms with Crippen LogP contribution in [0.5, 0.6) is 5.75 Å². The lowest BCUT2D eigenvalue weighted by Crippen LogP contribution is -2.08. The molecule has 0 amide bonds. The summed E-state index contributed by atoms with van der Waals surface area (Å²) in [5, 5.41) is 0. The maximum absolute atomic E-state index is 13.8. The zero-order valence-electron chi connectivity index (χ0n) is 11.8. The molecule has 2 rings (SSSR count). The molecule has 0 spiro atoms. The number of hydrogen-bond donors (Lipinski definition) is 1. The van der Waals surface area contributed by atoms with E-state index in [9.17, 15) is 4.39 Å². The Balaban J connectivity index is 2.07. The SMILES string of the molecule is CN(C)c1cccc(OCc2ccc(CN)cc2F)c1. The number of nitrogens with two attached hydrogens (primary N) is 1. The maximum Gasteiger partial charge on any atom is 0.130 e. The van der Waals surface area contributed by atoms with E-state index in [2.05, 4.69) is 0 Å². The van der Waals surface area contributed by atoms with Crippen molar-refractivity contribution in [3.63, 3.8) is 0 Å². The van der Waals surface area contributed by atoms with Gasteiger partial charge in [0.1, 0.15) is 18.2 Å². The second-order valence-electron chi connectivity index (χ2n) is 4.81. The van der Waals surface area contributed by atoms with E-state index in [4.69, 9.17) is 10.5 Å². The Kier molecular flexibility index (Phi) is 4.58. The molecule has 2 N–H and O–H groups in total. The van der Waals surface area contributed by atoms with Crippen LogP contribution in [-0.4, -0.2) is 14.1 Å². The molecular formula is C16H19FN2O. The molecule has 0 aromatic heterocycles. The van der Waals surface area contributed by atoms with E-state index in [0.717, 1.165) is 17.0 Å². The van der Waals surface area contributed by atoms with Gasteiger partial charge >= 0.3 is 0 Å². The van der Waals surface area contributed by atoms with Crippen LogP contribution in [0, 0.1) is 5.82 Å². The lowest BCUT2D eigenvalue weighted by atomic mass is 10.1. The van der Waals surface area contributed by atoms with Gasteiger partial charge in [0.15, 0.2) is 0 Å². The summed E-state index contributed by atoms with van der Waals surface area (Å²) < 4.78 is 19.4. The van der Waals surface area contributed by atoms with Crippen molar-refractivity contribution in [3.05, 3.63) is 59.4 Å². The summed E-state index contributed by atoms with van der Waals surface area (Å²) in [6.07, 6.45) is 0. The van der Waals surface area contributed by atoms with Gasteiger partial charge in [0.05, 0.1) is 0 Å². The van der Waals surface area contributed by atoms with Crippen LogP contribution in [0.2, 0.25) is 0 Å². The highest BCUT2D eigenvalue weighted by molar-refractivity contribution is 5.49. The summed E-state index contributed by atoms with van der Waals surface area (Å²) in [6, 6.07) is 12.7. The predicted molar refractivity (Wildman–Crippen MR) is 79.4 cm³/mol. The number of nitrogens with zero attached hydrogens (tertiary/aromatic N) is 1. The van der Waals surface area contributed by atoms with Crippen LogP contribution < -0.4 is 15.4 Å². The van der Waals surface area contributed by atoms with Gasteiger partial charge < -0.3 is 15.4 Å². The monoisotopic (exact) mass is 274 g/mol. The molecule has 20 heavy (non-hydrogen) atoms. The first-order chi connectivity index (χ1) is 9.60. The van der Waals surface area contributed by atoms with E-state index in [-0.39, 0.29) is 12.4 Å². The fraction of sp³-hybridized carbons (Fsp3) is 0.250. The largest absolute Gasteiger partial charge is 0.489 e. The van der Waals surface area contributed by atoms with Gasteiger partial charge in [-0.2, -0.15) is 0 Å². The highest BCUT2D eigenvalue weighted by atomic mass is 19.1. The summed E-state index contributed by atoms with van der Waals surface area (Å²) in [5.74, 6) is 0.440. The molecule has 0 fully saturated rings. The third-order valence-electron chi connectivity index (χ3n) is 3.08. The van der Waals surface area contributed by atoms with Crippen LogP contribution in [0.4, 0.5) is 10.1 Å². The molecule has 0 heterocycles. The van der Waals surface area contributed by atoms with Crippen LogP contribution in [0.1, 0.15) is 11.1 Å². The third kappa shape index (κ3) is 3.48. The fourth-order valence-corrected chi connectivity index (χ4v) is 1.85. The van der Waals surface area contributed by atoms with Crippen molar-refractivity contribution < 1.29 is 9.13 Å². The molecule has 4 heteroatoms. The minimum atomic E-state index is -0.281. The Morgan fingerprint density at radius 3 is 2.60 bits per heavy atom. The second-order valence-corrected chi connectivity index (χ2v) is 4.81. The number of halogens is 1. The normalized spacial score (nSPS) is 10.4. The van der Waals surface area contributed by atoms with Gasteiger partial charge in [0.2, 0.25) is 0 Å². The summed E-state index contributed by atoms with van der Waals surface area (Å²) >= 11 is 0. The molecule has 3 nitrogen and oxygen atoms in total. The lowest BCUT2D eigenvalue weighted by molar-refractivity contribution is 0.300. The Morgan fingerprint density at radius 2 is 1.95 bits per heavy atom. The Labute approximate surface area is 118 Å². The quantitative estimate of drug-likeness (QED) is 0.911. The highest BCUT2D eigenvalue weighted by Gasteiger charge is 2.05. The van der Waals surface area contributed by atoms with Gasteiger partial charge in [0.25, 0.3) is 0 Å². The van der Waals surface area contributed by atoms with Crippen molar-refractivity contribution in [1.29, 1.82) is 0 Å². The van der Waals surface area contributed by atoms with E-state index in [1.165, 1.54) is 6.07 Å². The molecule has 0 saturated heterocycles. The molecule has 0 radical (unpaired) electrons. The number of benzene rings is 2. The minimum Gasteiger partial charge on any atom is -0.489 e. The zero-order chi connectivity index (χ0) is 14.5. The lowest BCUT2D eigenvalue weighted by Gasteiger charge is -2.14. The number of hydrogen-bond acceptors (Lipinski definition) is 3. The minimum absolute atomic E-state index is 0.202. The van der Waals surface area contributed by atoms with Crippen molar-refractivity contribution >= 4 is 5.69 Å². The molecule has 0 unspecified atom stereocenters. The molecule has 2 aromatic rings. The number of rotatable bonds is 5. The van der Waals surface area contributed by atoms with Crippen molar-refractivity contribution in [2.45, 2.75) is 13.2 Å². The summed E-state index contributed by atoms with van der Waals surface area (Å²) in [7, 11) is 3.93. The molecule has 0 saturated carbocycles. The molecule has 106 valence electrons. The number of anilines is 1. The smallest absolute Gasteiger partial charge is 0.130 e. The van der Waals surface area contributed by atoms with Gasteiger partial charge in [-0.15, -0.1) is 0 Å². The molecule has 0 aliphatic heterocycles. The van der Waals surface area contributed by atoms with Crippen molar-refractivity contribution in [2.24, 2.45) is 5.73 Å². The number of ether oxygens (including phenoxy) is 1. The fourth-order valence-electron chi connectivity index (χ4n) is 1.85. The molecule has 0 bridgehead atoms. The Bertz CT molecular complexity index is 584. The third-order valence-corrected chi connectivity index (χ3v) is 3.08. The molecule has 2 aromatic carbocycles. The summed E-state index contributed by atoms with van der Waals surface area (Å²) in [6.45, 7) is 0.538.